The standard InChI is InChI=1S/C3H5FO6S2/c1-3(4)11(5,6)9-2-10-12(3,7)8/h2H2,1H3. The molecule has 1 heterocycles. The number of rotatable bonds is 0. The molecule has 0 aromatic rings. The second kappa shape index (κ2) is 2.37. The number of halogens is 1. The van der Waals surface area contributed by atoms with Gasteiger partial charge >= 0.3 is 24.6 Å². The Labute approximate surface area is 68.5 Å². The van der Waals surface area contributed by atoms with Crippen LogP contribution < -0.4 is 0 Å². The lowest BCUT2D eigenvalue weighted by Crippen LogP contribution is -2.45. The fraction of sp³-hybridized carbons (Fsp3) is 1.00. The predicted octanol–water partition coefficient (Wildman–Crippen LogP) is -0.706. The Kier molecular flexibility index (Phi) is 1.95. The first-order valence-corrected chi connectivity index (χ1v) is 5.49. The molecule has 72 valence electrons. The molecule has 6 nitrogen and oxygen atoms in total. The van der Waals surface area contributed by atoms with E-state index in [2.05, 4.69) is 8.37 Å². The van der Waals surface area contributed by atoms with Gasteiger partial charge in [0.05, 0.1) is 0 Å². The highest BCUT2D eigenvalue weighted by Crippen LogP contribution is 2.32. The van der Waals surface area contributed by atoms with Crippen LogP contribution >= 0.6 is 0 Å². The molecular weight excluding hydrogens is 215 g/mol. The van der Waals surface area contributed by atoms with Crippen molar-refractivity contribution in [3.05, 3.63) is 0 Å². The molecule has 0 spiro atoms. The average molecular weight is 220 g/mol. The minimum absolute atomic E-state index is 0.344. The minimum Gasteiger partial charge on any atom is -0.237 e. The summed E-state index contributed by atoms with van der Waals surface area (Å²) in [5.41, 5.74) is 0. The molecule has 0 saturated carbocycles. The van der Waals surface area contributed by atoms with Gasteiger partial charge in [-0.05, 0) is 0 Å². The third-order valence-electron chi connectivity index (χ3n) is 1.30. The normalized spacial score (nSPS) is 31.2. The van der Waals surface area contributed by atoms with Crippen LogP contribution in [-0.4, -0.2) is 28.0 Å². The van der Waals surface area contributed by atoms with Crippen LogP contribution in [0.5, 0.6) is 0 Å². The van der Waals surface area contributed by atoms with Crippen molar-refractivity contribution in [2.24, 2.45) is 0 Å². The van der Waals surface area contributed by atoms with Gasteiger partial charge in [-0.15, -0.1) is 0 Å². The third kappa shape index (κ3) is 1.13. The summed E-state index contributed by atoms with van der Waals surface area (Å²) in [7, 11) is -9.50. The fourth-order valence-corrected chi connectivity index (χ4v) is 2.60. The van der Waals surface area contributed by atoms with Gasteiger partial charge in [0.1, 0.15) is 0 Å². The third-order valence-corrected chi connectivity index (χ3v) is 5.12. The maximum absolute atomic E-state index is 13.0. The van der Waals surface area contributed by atoms with Crippen molar-refractivity contribution in [2.45, 2.75) is 11.3 Å². The van der Waals surface area contributed by atoms with Gasteiger partial charge in [-0.25, -0.2) is 12.8 Å². The molecule has 1 aliphatic heterocycles. The highest BCUT2D eigenvalue weighted by molar-refractivity contribution is 8.06. The molecule has 0 aromatic heterocycles. The summed E-state index contributed by atoms with van der Waals surface area (Å²) in [6.07, 6.45) is 0. The summed E-state index contributed by atoms with van der Waals surface area (Å²) < 4.78 is 59.7. The van der Waals surface area contributed by atoms with E-state index in [0.717, 1.165) is 0 Å². The largest absolute Gasteiger partial charge is 0.355 e. The van der Waals surface area contributed by atoms with Gasteiger partial charge in [-0.2, -0.15) is 16.8 Å². The second-order valence-electron chi connectivity index (χ2n) is 2.10. The van der Waals surface area contributed by atoms with E-state index in [9.17, 15) is 21.2 Å². The Morgan fingerprint density at radius 2 is 1.50 bits per heavy atom. The zero-order chi connectivity index (χ0) is 9.62. The predicted molar refractivity (Wildman–Crippen MR) is 34.4 cm³/mol. The monoisotopic (exact) mass is 220 g/mol. The van der Waals surface area contributed by atoms with Crippen LogP contribution in [0, 0.1) is 0 Å². The average Bonchev–Trinajstić information content (AvgIpc) is 1.83. The van der Waals surface area contributed by atoms with Crippen molar-refractivity contribution in [1.82, 2.24) is 0 Å². The van der Waals surface area contributed by atoms with Crippen LogP contribution in [-0.2, 0) is 28.6 Å². The van der Waals surface area contributed by atoms with Gasteiger partial charge in [0.25, 0.3) is 0 Å². The van der Waals surface area contributed by atoms with Crippen molar-refractivity contribution in [1.29, 1.82) is 0 Å². The number of hydrogen-bond donors (Lipinski definition) is 0. The van der Waals surface area contributed by atoms with Crippen LogP contribution in [0.1, 0.15) is 6.92 Å². The fourth-order valence-electron chi connectivity index (χ4n) is 0.482. The van der Waals surface area contributed by atoms with E-state index >= 15 is 0 Å². The quantitative estimate of drug-likeness (QED) is 0.501. The molecule has 0 atom stereocenters. The van der Waals surface area contributed by atoms with Gasteiger partial charge < -0.3 is 0 Å². The van der Waals surface area contributed by atoms with E-state index in [4.69, 9.17) is 0 Å². The molecular formula is C3H5FO6S2. The number of alkyl halides is 1. The van der Waals surface area contributed by atoms with Crippen LogP contribution in [0.2, 0.25) is 0 Å². The molecule has 0 bridgehead atoms. The number of hydrogen-bond acceptors (Lipinski definition) is 6. The molecule has 1 fully saturated rings. The molecule has 0 unspecified atom stereocenters. The molecule has 1 saturated heterocycles. The van der Waals surface area contributed by atoms with Gasteiger partial charge in [0.2, 0.25) is 0 Å². The molecule has 0 radical (unpaired) electrons. The first-order valence-electron chi connectivity index (χ1n) is 2.67. The van der Waals surface area contributed by atoms with Gasteiger partial charge in [0.15, 0.2) is 6.79 Å². The van der Waals surface area contributed by atoms with Gasteiger partial charge in [0, 0.05) is 6.92 Å². The van der Waals surface area contributed by atoms with E-state index in [1.54, 1.807) is 0 Å². The Morgan fingerprint density at radius 1 is 1.17 bits per heavy atom. The molecule has 1 rings (SSSR count). The van der Waals surface area contributed by atoms with Gasteiger partial charge in [-0.1, -0.05) is 0 Å². The zero-order valence-corrected chi connectivity index (χ0v) is 7.48. The first-order chi connectivity index (χ1) is 5.21. The molecule has 0 N–H and O–H groups in total. The van der Waals surface area contributed by atoms with Crippen LogP contribution in [0.25, 0.3) is 0 Å². The summed E-state index contributed by atoms with van der Waals surface area (Å²) in [5, 5.41) is 0. The highest BCUT2D eigenvalue weighted by Gasteiger charge is 2.57. The van der Waals surface area contributed by atoms with Crippen LogP contribution in [0.4, 0.5) is 4.39 Å². The summed E-state index contributed by atoms with van der Waals surface area (Å²) >= 11 is 0. The van der Waals surface area contributed by atoms with Gasteiger partial charge in [-0.3, -0.25) is 0 Å². The first kappa shape index (κ1) is 9.84. The topological polar surface area (TPSA) is 86.7 Å². The van der Waals surface area contributed by atoms with Crippen LogP contribution in [0.15, 0.2) is 0 Å². The summed E-state index contributed by atoms with van der Waals surface area (Å²) in [4.78, 5) is 0. The second-order valence-corrected chi connectivity index (χ2v) is 6.18. The molecule has 0 aromatic carbocycles. The van der Waals surface area contributed by atoms with Crippen molar-refractivity contribution < 1.29 is 29.6 Å². The van der Waals surface area contributed by atoms with Crippen molar-refractivity contribution in [3.8, 4) is 0 Å². The Hall–Kier alpha value is -0.250. The van der Waals surface area contributed by atoms with E-state index in [1.165, 1.54) is 0 Å². The zero-order valence-electron chi connectivity index (χ0n) is 5.85. The van der Waals surface area contributed by atoms with Crippen molar-refractivity contribution in [2.75, 3.05) is 6.79 Å². The lowest BCUT2D eigenvalue weighted by Gasteiger charge is -2.23. The van der Waals surface area contributed by atoms with E-state index in [-0.39, 0.29) is 0 Å². The van der Waals surface area contributed by atoms with E-state index in [1.807, 2.05) is 0 Å². The maximum Gasteiger partial charge on any atom is 0.355 e. The maximum atomic E-state index is 13.0. The Bertz CT molecular complexity index is 341. The molecule has 1 aliphatic rings. The smallest absolute Gasteiger partial charge is 0.237 e. The Morgan fingerprint density at radius 3 is 1.75 bits per heavy atom. The molecule has 12 heavy (non-hydrogen) atoms. The lowest BCUT2D eigenvalue weighted by molar-refractivity contribution is 0.0955. The SMILES string of the molecule is CC1(F)S(=O)(=O)OCOS1(=O)=O. The molecule has 0 amide bonds. The summed E-state index contributed by atoms with van der Waals surface area (Å²) in [6.45, 7) is -0.666. The Balaban J connectivity index is 3.36. The lowest BCUT2D eigenvalue weighted by atomic mass is 10.9. The molecule has 9 heteroatoms. The minimum atomic E-state index is -4.75. The van der Waals surface area contributed by atoms with Crippen molar-refractivity contribution in [3.63, 3.8) is 0 Å². The molecule has 0 aliphatic carbocycles. The van der Waals surface area contributed by atoms with E-state index < -0.39 is 31.4 Å². The van der Waals surface area contributed by atoms with Crippen LogP contribution in [0.3, 0.4) is 0 Å². The van der Waals surface area contributed by atoms with Crippen molar-refractivity contribution >= 4 is 20.2 Å². The summed E-state index contributed by atoms with van der Waals surface area (Å²) in [5.74, 6) is 0. The highest BCUT2D eigenvalue weighted by atomic mass is 32.3. The van der Waals surface area contributed by atoms with E-state index in [0.29, 0.717) is 6.92 Å². The summed E-state index contributed by atoms with van der Waals surface area (Å²) in [6, 6.07) is 0.